The minimum absolute atomic E-state index is 0.112. The van der Waals surface area contributed by atoms with Gasteiger partial charge in [-0.25, -0.2) is 0 Å². The molecule has 0 unspecified atom stereocenters. The van der Waals surface area contributed by atoms with Crippen LogP contribution in [0.5, 0.6) is 0 Å². The molecule has 1 heterocycles. The fourth-order valence-corrected chi connectivity index (χ4v) is 4.52. The van der Waals surface area contributed by atoms with Crippen molar-refractivity contribution in [2.45, 2.75) is 19.0 Å². The van der Waals surface area contributed by atoms with Crippen LogP contribution < -0.4 is 0 Å². The van der Waals surface area contributed by atoms with E-state index in [1.165, 1.54) is 0 Å². The summed E-state index contributed by atoms with van der Waals surface area (Å²) in [6.07, 6.45) is 1.11. The Morgan fingerprint density at radius 1 is 1.25 bits per heavy atom. The molecule has 0 aliphatic carbocycles. The monoisotopic (exact) mass is 249 g/mol. The van der Waals surface area contributed by atoms with Gasteiger partial charge in [0.15, 0.2) is 0 Å². The van der Waals surface area contributed by atoms with Crippen molar-refractivity contribution in [1.82, 2.24) is 4.90 Å². The first-order valence-electron chi connectivity index (χ1n) is 5.71. The second-order valence-electron chi connectivity index (χ2n) is 3.84. The van der Waals surface area contributed by atoms with E-state index < -0.39 is 8.80 Å². The van der Waals surface area contributed by atoms with Gasteiger partial charge in [0, 0.05) is 27.9 Å². The number of hydrogen-bond acceptors (Lipinski definition) is 5. The summed E-state index contributed by atoms with van der Waals surface area (Å²) in [6, 6.07) is 0. The molecular weight excluding hydrogens is 226 g/mol. The van der Waals surface area contributed by atoms with Crippen molar-refractivity contribution in [1.29, 1.82) is 0 Å². The molecule has 0 aromatic rings. The third-order valence-corrected chi connectivity index (χ3v) is 6.07. The summed E-state index contributed by atoms with van der Waals surface area (Å²) in [5.41, 5.74) is 0.112. The van der Waals surface area contributed by atoms with Gasteiger partial charge < -0.3 is 18.0 Å². The third kappa shape index (κ3) is 2.82. The standard InChI is InChI=1S/C10H23NO4Si/c1-5-6-11-7-8-15-9-10(11)16(12-2,13-3)14-4/h10H,5-9H2,1-4H3/t10-/m1/s1. The molecule has 0 spiro atoms. The second kappa shape index (κ2) is 6.68. The lowest BCUT2D eigenvalue weighted by atomic mass is 10.3. The maximum Gasteiger partial charge on any atom is 0.520 e. The van der Waals surface area contributed by atoms with Crippen molar-refractivity contribution in [2.24, 2.45) is 0 Å². The molecule has 6 heteroatoms. The quantitative estimate of drug-likeness (QED) is 0.642. The molecule has 0 N–H and O–H groups in total. The SMILES string of the molecule is CCCN1CCOC[C@H]1[Si](OC)(OC)OC. The Morgan fingerprint density at radius 3 is 2.38 bits per heavy atom. The molecule has 1 fully saturated rings. The molecule has 5 nitrogen and oxygen atoms in total. The van der Waals surface area contributed by atoms with Gasteiger partial charge in [0.1, 0.15) is 5.67 Å². The molecule has 1 atom stereocenters. The molecule has 1 saturated heterocycles. The van der Waals surface area contributed by atoms with Crippen LogP contribution >= 0.6 is 0 Å². The van der Waals surface area contributed by atoms with Crippen LogP contribution in [0, 0.1) is 0 Å². The Labute approximate surface area is 99.0 Å². The lowest BCUT2D eigenvalue weighted by Crippen LogP contribution is -2.65. The third-order valence-electron chi connectivity index (χ3n) is 3.01. The molecule has 0 aromatic heterocycles. The molecular formula is C10H23NO4Si. The average molecular weight is 249 g/mol. The van der Waals surface area contributed by atoms with Crippen LogP contribution in [0.25, 0.3) is 0 Å². The summed E-state index contributed by atoms with van der Waals surface area (Å²) in [5.74, 6) is 0. The minimum atomic E-state index is -2.62. The summed E-state index contributed by atoms with van der Waals surface area (Å²) in [4.78, 5) is 2.35. The summed E-state index contributed by atoms with van der Waals surface area (Å²) < 4.78 is 22.1. The fourth-order valence-electron chi connectivity index (χ4n) is 2.18. The van der Waals surface area contributed by atoms with E-state index in [9.17, 15) is 0 Å². The van der Waals surface area contributed by atoms with E-state index in [0.29, 0.717) is 6.61 Å². The first-order valence-corrected chi connectivity index (χ1v) is 7.51. The van der Waals surface area contributed by atoms with Crippen molar-refractivity contribution in [2.75, 3.05) is 47.6 Å². The molecule has 0 radical (unpaired) electrons. The van der Waals surface area contributed by atoms with Crippen LogP contribution in [0.15, 0.2) is 0 Å². The highest BCUT2D eigenvalue weighted by molar-refractivity contribution is 6.62. The molecule has 1 rings (SSSR count). The highest BCUT2D eigenvalue weighted by Crippen LogP contribution is 2.21. The molecule has 0 aromatic carbocycles. The van der Waals surface area contributed by atoms with Gasteiger partial charge in [0.2, 0.25) is 0 Å². The van der Waals surface area contributed by atoms with Crippen molar-refractivity contribution in [3.63, 3.8) is 0 Å². The van der Waals surface area contributed by atoms with Gasteiger partial charge in [-0.3, -0.25) is 4.90 Å². The van der Waals surface area contributed by atoms with Gasteiger partial charge in [-0.15, -0.1) is 0 Å². The van der Waals surface area contributed by atoms with Crippen molar-refractivity contribution < 1.29 is 18.0 Å². The van der Waals surface area contributed by atoms with Gasteiger partial charge in [0.05, 0.1) is 13.2 Å². The number of rotatable bonds is 6. The van der Waals surface area contributed by atoms with E-state index in [-0.39, 0.29) is 5.67 Å². The van der Waals surface area contributed by atoms with Crippen molar-refractivity contribution >= 4 is 8.80 Å². The lowest BCUT2D eigenvalue weighted by molar-refractivity contribution is -0.0201. The van der Waals surface area contributed by atoms with Crippen LogP contribution in [-0.4, -0.2) is 67.0 Å². The molecule has 0 saturated carbocycles. The first-order chi connectivity index (χ1) is 7.74. The zero-order valence-corrected chi connectivity index (χ0v) is 11.7. The van der Waals surface area contributed by atoms with Crippen molar-refractivity contribution in [3.05, 3.63) is 0 Å². The maximum absolute atomic E-state index is 5.53. The van der Waals surface area contributed by atoms with Crippen molar-refractivity contribution in [3.8, 4) is 0 Å². The Morgan fingerprint density at radius 2 is 1.88 bits per heavy atom. The zero-order chi connectivity index (χ0) is 12.0. The Hall–Kier alpha value is 0.0169. The van der Waals surface area contributed by atoms with Crippen LogP contribution in [0.1, 0.15) is 13.3 Å². The summed E-state index contributed by atoms with van der Waals surface area (Å²) in [7, 11) is 2.34. The predicted octanol–water partition coefficient (Wildman–Crippen LogP) is 0.515. The summed E-state index contributed by atoms with van der Waals surface area (Å²) in [5, 5.41) is 0. The molecule has 0 bridgehead atoms. The second-order valence-corrected chi connectivity index (χ2v) is 6.94. The largest absolute Gasteiger partial charge is 0.520 e. The molecule has 16 heavy (non-hydrogen) atoms. The predicted molar refractivity (Wildman–Crippen MR) is 63.3 cm³/mol. The maximum atomic E-state index is 5.53. The van der Waals surface area contributed by atoms with E-state index in [2.05, 4.69) is 11.8 Å². The number of morpholine rings is 1. The van der Waals surface area contributed by atoms with Crippen LogP contribution in [-0.2, 0) is 18.0 Å². The van der Waals surface area contributed by atoms with Gasteiger partial charge in [0.25, 0.3) is 0 Å². The van der Waals surface area contributed by atoms with E-state index >= 15 is 0 Å². The summed E-state index contributed by atoms with van der Waals surface area (Å²) in [6.45, 7) is 5.52. The average Bonchev–Trinajstić information content (AvgIpc) is 2.34. The van der Waals surface area contributed by atoms with E-state index in [4.69, 9.17) is 18.0 Å². The molecule has 0 amide bonds. The Kier molecular flexibility index (Phi) is 5.88. The van der Waals surface area contributed by atoms with E-state index in [0.717, 1.165) is 26.1 Å². The minimum Gasteiger partial charge on any atom is -0.379 e. The lowest BCUT2D eigenvalue weighted by Gasteiger charge is -2.42. The fraction of sp³-hybridized carbons (Fsp3) is 1.00. The number of hydrogen-bond donors (Lipinski definition) is 0. The smallest absolute Gasteiger partial charge is 0.379 e. The van der Waals surface area contributed by atoms with Gasteiger partial charge in [-0.05, 0) is 13.0 Å². The number of nitrogens with zero attached hydrogens (tertiary/aromatic N) is 1. The molecule has 96 valence electrons. The molecule has 1 aliphatic heterocycles. The van der Waals surface area contributed by atoms with Crippen LogP contribution in [0.3, 0.4) is 0 Å². The Balaban J connectivity index is 2.78. The van der Waals surface area contributed by atoms with Crippen LogP contribution in [0.2, 0.25) is 0 Å². The number of ether oxygens (including phenoxy) is 1. The normalized spacial score (nSPS) is 23.6. The topological polar surface area (TPSA) is 40.2 Å². The van der Waals surface area contributed by atoms with Gasteiger partial charge >= 0.3 is 8.80 Å². The van der Waals surface area contributed by atoms with E-state index in [1.54, 1.807) is 21.3 Å². The highest BCUT2D eigenvalue weighted by Gasteiger charge is 2.51. The van der Waals surface area contributed by atoms with E-state index in [1.807, 2.05) is 0 Å². The van der Waals surface area contributed by atoms with Crippen LogP contribution in [0.4, 0.5) is 0 Å². The zero-order valence-electron chi connectivity index (χ0n) is 10.7. The highest BCUT2D eigenvalue weighted by atomic mass is 28.4. The van der Waals surface area contributed by atoms with Gasteiger partial charge in [-0.2, -0.15) is 0 Å². The molecule has 1 aliphatic rings. The van der Waals surface area contributed by atoms with Gasteiger partial charge in [-0.1, -0.05) is 6.92 Å². The first kappa shape index (κ1) is 14.1. The summed E-state index contributed by atoms with van der Waals surface area (Å²) >= 11 is 0. The Bertz CT molecular complexity index is 191.